The lowest BCUT2D eigenvalue weighted by atomic mass is 10.1. The molecule has 114 valence electrons. The summed E-state index contributed by atoms with van der Waals surface area (Å²) >= 11 is 3.32. The van der Waals surface area contributed by atoms with Crippen LogP contribution in [0, 0.1) is 17.0 Å². The Kier molecular flexibility index (Phi) is 5.11. The molecule has 0 aromatic heterocycles. The highest BCUT2D eigenvalue weighted by Gasteiger charge is 2.13. The van der Waals surface area contributed by atoms with Crippen LogP contribution in [0.4, 0.5) is 17.1 Å². The van der Waals surface area contributed by atoms with Crippen LogP contribution >= 0.6 is 15.9 Å². The van der Waals surface area contributed by atoms with Crippen molar-refractivity contribution >= 4 is 38.9 Å². The van der Waals surface area contributed by atoms with E-state index in [4.69, 9.17) is 0 Å². The van der Waals surface area contributed by atoms with Gasteiger partial charge in [-0.3, -0.25) is 14.9 Å². The Bertz CT molecular complexity index is 702. The van der Waals surface area contributed by atoms with Crippen molar-refractivity contribution < 1.29 is 9.72 Å². The van der Waals surface area contributed by atoms with E-state index in [0.29, 0.717) is 16.9 Å². The minimum Gasteiger partial charge on any atom is -0.376 e. The van der Waals surface area contributed by atoms with Gasteiger partial charge in [0.2, 0.25) is 5.91 Å². The van der Waals surface area contributed by atoms with Gasteiger partial charge in [0.15, 0.2) is 0 Å². The van der Waals surface area contributed by atoms with Crippen LogP contribution in [0.1, 0.15) is 5.56 Å². The number of halogens is 1. The van der Waals surface area contributed by atoms with Gasteiger partial charge < -0.3 is 10.6 Å². The molecule has 0 bridgehead atoms. The molecule has 2 aromatic rings. The van der Waals surface area contributed by atoms with Gasteiger partial charge in [-0.1, -0.05) is 22.0 Å². The molecule has 2 aromatic carbocycles. The zero-order chi connectivity index (χ0) is 16.1. The van der Waals surface area contributed by atoms with Crippen LogP contribution in [-0.2, 0) is 4.79 Å². The van der Waals surface area contributed by atoms with Gasteiger partial charge in [-0.15, -0.1) is 0 Å². The highest BCUT2D eigenvalue weighted by atomic mass is 79.9. The third-order valence-corrected chi connectivity index (χ3v) is 3.60. The zero-order valence-corrected chi connectivity index (χ0v) is 13.4. The number of anilines is 2. The van der Waals surface area contributed by atoms with Crippen LogP contribution in [0.25, 0.3) is 0 Å². The van der Waals surface area contributed by atoms with Crippen LogP contribution in [0.2, 0.25) is 0 Å². The molecule has 0 atom stereocenters. The molecule has 1 amide bonds. The van der Waals surface area contributed by atoms with Gasteiger partial charge in [-0.2, -0.15) is 0 Å². The van der Waals surface area contributed by atoms with Crippen LogP contribution in [0.3, 0.4) is 0 Å². The Morgan fingerprint density at radius 2 is 1.91 bits per heavy atom. The highest BCUT2D eigenvalue weighted by molar-refractivity contribution is 9.10. The van der Waals surface area contributed by atoms with E-state index in [1.54, 1.807) is 31.2 Å². The predicted octanol–water partition coefficient (Wildman–Crippen LogP) is 3.72. The number of nitrogens with zero attached hydrogens (tertiary/aromatic N) is 1. The number of nitrogens with one attached hydrogen (secondary N) is 2. The molecular weight excluding hydrogens is 350 g/mol. The van der Waals surface area contributed by atoms with Crippen molar-refractivity contribution in [2.45, 2.75) is 6.92 Å². The van der Waals surface area contributed by atoms with E-state index in [1.807, 2.05) is 12.1 Å². The number of nitro benzene ring substituents is 1. The molecule has 0 saturated heterocycles. The molecule has 2 rings (SSSR count). The van der Waals surface area contributed by atoms with E-state index in [0.717, 1.165) is 4.47 Å². The average molecular weight is 364 g/mol. The number of hydrogen-bond acceptors (Lipinski definition) is 4. The number of hydrogen-bond donors (Lipinski definition) is 2. The summed E-state index contributed by atoms with van der Waals surface area (Å²) < 4.78 is 0.927. The molecular formula is C15H14BrN3O3. The van der Waals surface area contributed by atoms with Gasteiger partial charge in [0.1, 0.15) is 0 Å². The Morgan fingerprint density at radius 1 is 1.23 bits per heavy atom. The van der Waals surface area contributed by atoms with Crippen molar-refractivity contribution in [2.75, 3.05) is 17.2 Å². The standard InChI is InChI=1S/C15H14BrN3O3/c1-10-13(3-2-4-14(10)19(21)22)17-9-15(20)18-12-7-5-11(16)6-8-12/h2-8,17H,9H2,1H3,(H,18,20). The van der Waals surface area contributed by atoms with Gasteiger partial charge in [-0.25, -0.2) is 0 Å². The smallest absolute Gasteiger partial charge is 0.274 e. The summed E-state index contributed by atoms with van der Waals surface area (Å²) in [6.07, 6.45) is 0. The maximum absolute atomic E-state index is 11.9. The second-order valence-electron chi connectivity index (χ2n) is 4.62. The van der Waals surface area contributed by atoms with E-state index in [9.17, 15) is 14.9 Å². The summed E-state index contributed by atoms with van der Waals surface area (Å²) in [7, 11) is 0. The monoisotopic (exact) mass is 363 g/mol. The van der Waals surface area contributed by atoms with Crippen LogP contribution < -0.4 is 10.6 Å². The van der Waals surface area contributed by atoms with E-state index in [1.165, 1.54) is 6.07 Å². The minimum atomic E-state index is -0.442. The topological polar surface area (TPSA) is 84.3 Å². The van der Waals surface area contributed by atoms with Crippen molar-refractivity contribution in [3.63, 3.8) is 0 Å². The van der Waals surface area contributed by atoms with Gasteiger partial charge in [0.25, 0.3) is 5.69 Å². The summed E-state index contributed by atoms with van der Waals surface area (Å²) in [5, 5.41) is 16.5. The molecule has 0 spiro atoms. The lowest BCUT2D eigenvalue weighted by Crippen LogP contribution is -2.22. The molecule has 0 radical (unpaired) electrons. The lowest BCUT2D eigenvalue weighted by Gasteiger charge is -2.10. The first-order valence-corrected chi connectivity index (χ1v) is 7.30. The average Bonchev–Trinajstić information content (AvgIpc) is 2.48. The van der Waals surface area contributed by atoms with Crippen LogP contribution in [0.15, 0.2) is 46.9 Å². The first-order chi connectivity index (χ1) is 10.5. The molecule has 22 heavy (non-hydrogen) atoms. The van der Waals surface area contributed by atoms with Gasteiger partial charge in [0, 0.05) is 27.5 Å². The fourth-order valence-corrected chi connectivity index (χ4v) is 2.19. The van der Waals surface area contributed by atoms with Crippen molar-refractivity contribution in [2.24, 2.45) is 0 Å². The summed E-state index contributed by atoms with van der Waals surface area (Å²) in [5.74, 6) is -0.228. The van der Waals surface area contributed by atoms with Gasteiger partial charge in [0.05, 0.1) is 11.5 Å². The Morgan fingerprint density at radius 3 is 2.55 bits per heavy atom. The third kappa shape index (κ3) is 4.05. The molecule has 6 nitrogen and oxygen atoms in total. The molecule has 0 saturated carbocycles. The number of carbonyl (C=O) groups excluding carboxylic acids is 1. The fourth-order valence-electron chi connectivity index (χ4n) is 1.93. The van der Waals surface area contributed by atoms with E-state index < -0.39 is 4.92 Å². The first-order valence-electron chi connectivity index (χ1n) is 6.50. The summed E-state index contributed by atoms with van der Waals surface area (Å²) in [5.41, 5.74) is 1.79. The SMILES string of the molecule is Cc1c(NCC(=O)Nc2ccc(Br)cc2)cccc1[N+](=O)[O-]. The molecule has 0 aliphatic rings. The molecule has 0 fully saturated rings. The largest absolute Gasteiger partial charge is 0.376 e. The Balaban J connectivity index is 1.98. The van der Waals surface area contributed by atoms with Crippen molar-refractivity contribution in [3.8, 4) is 0 Å². The molecule has 7 heteroatoms. The molecule has 0 aliphatic heterocycles. The van der Waals surface area contributed by atoms with Crippen molar-refractivity contribution in [1.29, 1.82) is 0 Å². The van der Waals surface area contributed by atoms with E-state index >= 15 is 0 Å². The maximum atomic E-state index is 11.9. The molecule has 0 unspecified atom stereocenters. The third-order valence-electron chi connectivity index (χ3n) is 3.07. The van der Waals surface area contributed by atoms with E-state index in [2.05, 4.69) is 26.6 Å². The second kappa shape index (κ2) is 7.04. The van der Waals surface area contributed by atoms with Gasteiger partial charge >= 0.3 is 0 Å². The molecule has 0 heterocycles. The Labute approximate surface area is 135 Å². The number of carbonyl (C=O) groups is 1. The van der Waals surface area contributed by atoms with Crippen molar-refractivity contribution in [1.82, 2.24) is 0 Å². The number of rotatable bonds is 5. The lowest BCUT2D eigenvalue weighted by molar-refractivity contribution is -0.385. The first kappa shape index (κ1) is 16.0. The Hall–Kier alpha value is -2.41. The predicted molar refractivity (Wildman–Crippen MR) is 89.1 cm³/mol. The maximum Gasteiger partial charge on any atom is 0.274 e. The number of amides is 1. The van der Waals surface area contributed by atoms with Crippen LogP contribution in [-0.4, -0.2) is 17.4 Å². The summed E-state index contributed by atoms with van der Waals surface area (Å²) in [6.45, 7) is 1.67. The summed E-state index contributed by atoms with van der Waals surface area (Å²) in [6, 6.07) is 11.9. The number of nitro groups is 1. The fraction of sp³-hybridized carbons (Fsp3) is 0.133. The summed E-state index contributed by atoms with van der Waals surface area (Å²) in [4.78, 5) is 22.3. The normalized spacial score (nSPS) is 10.1. The van der Waals surface area contributed by atoms with Gasteiger partial charge in [-0.05, 0) is 37.3 Å². The molecule has 2 N–H and O–H groups in total. The molecule has 0 aliphatic carbocycles. The zero-order valence-electron chi connectivity index (χ0n) is 11.8. The number of benzene rings is 2. The minimum absolute atomic E-state index is 0.0259. The highest BCUT2D eigenvalue weighted by Crippen LogP contribution is 2.24. The second-order valence-corrected chi connectivity index (χ2v) is 5.53. The van der Waals surface area contributed by atoms with Crippen LogP contribution in [0.5, 0.6) is 0 Å². The quantitative estimate of drug-likeness (QED) is 0.626. The van der Waals surface area contributed by atoms with E-state index in [-0.39, 0.29) is 18.1 Å². The van der Waals surface area contributed by atoms with Crippen molar-refractivity contribution in [3.05, 3.63) is 62.6 Å².